The molecular weight excluding hydrogens is 204 g/mol. The third-order valence-corrected chi connectivity index (χ3v) is 2.77. The van der Waals surface area contributed by atoms with Gasteiger partial charge in [-0.2, -0.15) is 0 Å². The average Bonchev–Trinajstić information content (AvgIpc) is 2.27. The summed E-state index contributed by atoms with van der Waals surface area (Å²) in [4.78, 5) is 13.5. The Morgan fingerprint density at radius 1 is 1.44 bits per heavy atom. The van der Waals surface area contributed by atoms with E-state index in [9.17, 15) is 4.79 Å². The molecule has 1 fully saturated rings. The largest absolute Gasteiger partial charge is 0.465 e. The van der Waals surface area contributed by atoms with Crippen LogP contribution < -0.4 is 5.73 Å². The van der Waals surface area contributed by atoms with Gasteiger partial charge in [0, 0.05) is 25.7 Å². The summed E-state index contributed by atoms with van der Waals surface area (Å²) in [7, 11) is 1.39. The molecule has 4 nitrogen and oxygen atoms in total. The zero-order valence-corrected chi connectivity index (χ0v) is 9.35. The monoisotopic (exact) mass is 220 g/mol. The molecule has 1 aromatic carbocycles. The number of methoxy groups -OCH3 is 1. The minimum absolute atomic E-state index is 0.294. The number of nitrogens with two attached hydrogens (primary N) is 1. The summed E-state index contributed by atoms with van der Waals surface area (Å²) in [5, 5.41) is 0. The lowest BCUT2D eigenvalue weighted by Gasteiger charge is -2.36. The molecule has 2 N–H and O–H groups in total. The van der Waals surface area contributed by atoms with Crippen LogP contribution in [0.15, 0.2) is 24.3 Å². The van der Waals surface area contributed by atoms with Crippen molar-refractivity contribution in [2.24, 2.45) is 5.73 Å². The Morgan fingerprint density at radius 3 is 2.56 bits per heavy atom. The Labute approximate surface area is 95.0 Å². The number of hydrogen-bond donors (Lipinski definition) is 1. The van der Waals surface area contributed by atoms with E-state index >= 15 is 0 Å². The van der Waals surface area contributed by atoms with Crippen molar-refractivity contribution in [2.75, 3.05) is 20.2 Å². The van der Waals surface area contributed by atoms with Gasteiger partial charge in [-0.05, 0) is 17.7 Å². The van der Waals surface area contributed by atoms with E-state index in [-0.39, 0.29) is 5.97 Å². The molecular formula is C12H16N2O2. The molecule has 2 rings (SSSR count). The van der Waals surface area contributed by atoms with Gasteiger partial charge in [0.2, 0.25) is 0 Å². The number of carbonyl (C=O) groups is 1. The molecule has 1 aromatic rings. The van der Waals surface area contributed by atoms with E-state index in [0.29, 0.717) is 11.6 Å². The normalized spacial score (nSPS) is 16.9. The first-order valence-electron chi connectivity index (χ1n) is 5.34. The van der Waals surface area contributed by atoms with Gasteiger partial charge in [-0.1, -0.05) is 12.1 Å². The Bertz CT molecular complexity index is 369. The van der Waals surface area contributed by atoms with Crippen molar-refractivity contribution in [2.45, 2.75) is 12.6 Å². The summed E-state index contributed by atoms with van der Waals surface area (Å²) in [5.41, 5.74) is 7.48. The highest BCUT2D eigenvalue weighted by Crippen LogP contribution is 2.13. The number of benzene rings is 1. The van der Waals surface area contributed by atoms with Gasteiger partial charge in [0.25, 0.3) is 0 Å². The summed E-state index contributed by atoms with van der Waals surface area (Å²) in [6.07, 6.45) is 0. The van der Waals surface area contributed by atoms with Crippen LogP contribution in [0.4, 0.5) is 0 Å². The van der Waals surface area contributed by atoms with Gasteiger partial charge in [-0.25, -0.2) is 4.79 Å². The lowest BCUT2D eigenvalue weighted by Crippen LogP contribution is -2.54. The van der Waals surface area contributed by atoms with Crippen molar-refractivity contribution in [1.82, 2.24) is 4.90 Å². The van der Waals surface area contributed by atoms with Crippen LogP contribution in [0.3, 0.4) is 0 Å². The number of esters is 1. The van der Waals surface area contributed by atoms with Crippen LogP contribution in [0.5, 0.6) is 0 Å². The predicted molar refractivity (Wildman–Crippen MR) is 61.0 cm³/mol. The zero-order valence-electron chi connectivity index (χ0n) is 9.35. The van der Waals surface area contributed by atoms with Crippen LogP contribution in [0.25, 0.3) is 0 Å². The highest BCUT2D eigenvalue weighted by Gasteiger charge is 2.22. The molecule has 0 atom stereocenters. The van der Waals surface area contributed by atoms with Gasteiger partial charge in [0.1, 0.15) is 0 Å². The maximum Gasteiger partial charge on any atom is 0.337 e. The highest BCUT2D eigenvalue weighted by molar-refractivity contribution is 5.89. The fourth-order valence-electron chi connectivity index (χ4n) is 1.86. The number of ether oxygens (including phenoxy) is 1. The summed E-state index contributed by atoms with van der Waals surface area (Å²) in [5.74, 6) is -0.294. The highest BCUT2D eigenvalue weighted by atomic mass is 16.5. The second kappa shape index (κ2) is 4.63. The average molecular weight is 220 g/mol. The fourth-order valence-corrected chi connectivity index (χ4v) is 1.86. The van der Waals surface area contributed by atoms with Crippen LogP contribution in [0, 0.1) is 0 Å². The Balaban J connectivity index is 1.94. The molecule has 0 amide bonds. The third-order valence-electron chi connectivity index (χ3n) is 2.77. The van der Waals surface area contributed by atoms with Gasteiger partial charge in [-0.3, -0.25) is 4.90 Å². The molecule has 0 spiro atoms. The lowest BCUT2D eigenvalue weighted by atomic mass is 10.1. The topological polar surface area (TPSA) is 55.6 Å². The van der Waals surface area contributed by atoms with Crippen molar-refractivity contribution in [3.05, 3.63) is 35.4 Å². The van der Waals surface area contributed by atoms with E-state index in [4.69, 9.17) is 5.73 Å². The zero-order chi connectivity index (χ0) is 11.5. The Hall–Kier alpha value is -1.39. The van der Waals surface area contributed by atoms with E-state index < -0.39 is 0 Å². The van der Waals surface area contributed by atoms with E-state index in [0.717, 1.165) is 19.6 Å². The number of nitrogens with zero attached hydrogens (tertiary/aromatic N) is 1. The number of likely N-dealkylation sites (tertiary alicyclic amines) is 1. The molecule has 1 aliphatic heterocycles. The van der Waals surface area contributed by atoms with Crippen LogP contribution in [-0.2, 0) is 11.3 Å². The first-order valence-corrected chi connectivity index (χ1v) is 5.34. The standard InChI is InChI=1S/C12H16N2O2/c1-16-12(15)10-4-2-9(3-5-10)6-14-7-11(13)8-14/h2-5,11H,6-8,13H2,1H3. The first-order chi connectivity index (χ1) is 7.69. The summed E-state index contributed by atoms with van der Waals surface area (Å²) in [6.45, 7) is 2.81. The maximum atomic E-state index is 11.2. The van der Waals surface area contributed by atoms with Crippen LogP contribution in [0.2, 0.25) is 0 Å². The maximum absolute atomic E-state index is 11.2. The van der Waals surface area contributed by atoms with Gasteiger partial charge in [0.15, 0.2) is 0 Å². The first kappa shape index (κ1) is 11.1. The third kappa shape index (κ3) is 2.40. The quantitative estimate of drug-likeness (QED) is 0.758. The lowest BCUT2D eigenvalue weighted by molar-refractivity contribution is 0.0600. The van der Waals surface area contributed by atoms with E-state index in [1.54, 1.807) is 12.1 Å². The van der Waals surface area contributed by atoms with Crippen molar-refractivity contribution < 1.29 is 9.53 Å². The molecule has 0 saturated carbocycles. The van der Waals surface area contributed by atoms with E-state index in [1.165, 1.54) is 12.7 Å². The SMILES string of the molecule is COC(=O)c1ccc(CN2CC(N)C2)cc1. The van der Waals surface area contributed by atoms with Crippen molar-refractivity contribution >= 4 is 5.97 Å². The summed E-state index contributed by atoms with van der Waals surface area (Å²) >= 11 is 0. The van der Waals surface area contributed by atoms with Gasteiger partial charge in [0.05, 0.1) is 12.7 Å². The van der Waals surface area contributed by atoms with Gasteiger partial charge < -0.3 is 10.5 Å². The molecule has 1 aliphatic rings. The summed E-state index contributed by atoms with van der Waals surface area (Å²) < 4.78 is 4.64. The Kier molecular flexibility index (Phi) is 3.22. The molecule has 86 valence electrons. The van der Waals surface area contributed by atoms with Gasteiger partial charge in [-0.15, -0.1) is 0 Å². The van der Waals surface area contributed by atoms with E-state index in [2.05, 4.69) is 9.64 Å². The second-order valence-electron chi connectivity index (χ2n) is 4.14. The van der Waals surface area contributed by atoms with Gasteiger partial charge >= 0.3 is 5.97 Å². The molecule has 1 heterocycles. The molecule has 1 saturated heterocycles. The number of carbonyl (C=O) groups excluding carboxylic acids is 1. The molecule has 16 heavy (non-hydrogen) atoms. The van der Waals surface area contributed by atoms with Crippen LogP contribution in [-0.4, -0.2) is 37.1 Å². The predicted octanol–water partition coefficient (Wildman–Crippen LogP) is 0.616. The fraction of sp³-hybridized carbons (Fsp3) is 0.417. The smallest absolute Gasteiger partial charge is 0.337 e. The van der Waals surface area contributed by atoms with Crippen LogP contribution >= 0.6 is 0 Å². The summed E-state index contributed by atoms with van der Waals surface area (Å²) in [6, 6.07) is 7.82. The minimum Gasteiger partial charge on any atom is -0.465 e. The molecule has 0 aliphatic carbocycles. The Morgan fingerprint density at radius 2 is 2.06 bits per heavy atom. The number of rotatable bonds is 3. The second-order valence-corrected chi connectivity index (χ2v) is 4.14. The molecule has 0 radical (unpaired) electrons. The van der Waals surface area contributed by atoms with Crippen molar-refractivity contribution in [3.63, 3.8) is 0 Å². The molecule has 4 heteroatoms. The number of hydrogen-bond acceptors (Lipinski definition) is 4. The van der Waals surface area contributed by atoms with Crippen molar-refractivity contribution in [1.29, 1.82) is 0 Å². The van der Waals surface area contributed by atoms with Crippen LogP contribution in [0.1, 0.15) is 15.9 Å². The molecule has 0 bridgehead atoms. The molecule has 0 unspecified atom stereocenters. The minimum atomic E-state index is -0.294. The molecule has 0 aromatic heterocycles. The van der Waals surface area contributed by atoms with E-state index in [1.807, 2.05) is 12.1 Å². The van der Waals surface area contributed by atoms with Crippen molar-refractivity contribution in [3.8, 4) is 0 Å².